The number of likely N-dealkylation sites (tertiary alicyclic amines) is 1. The predicted molar refractivity (Wildman–Crippen MR) is 126 cm³/mol. The van der Waals surface area contributed by atoms with Crippen LogP contribution in [-0.2, 0) is 6.54 Å². The molecule has 6 nitrogen and oxygen atoms in total. The minimum absolute atomic E-state index is 0.0979. The molecule has 2 aromatic heterocycles. The zero-order chi connectivity index (χ0) is 22.1. The van der Waals surface area contributed by atoms with E-state index in [1.54, 1.807) is 36.5 Å². The number of halogens is 1. The fourth-order valence-electron chi connectivity index (χ4n) is 4.32. The average Bonchev–Trinajstić information content (AvgIpc) is 2.81. The van der Waals surface area contributed by atoms with E-state index < -0.39 is 0 Å². The van der Waals surface area contributed by atoms with E-state index in [0.717, 1.165) is 32.5 Å². The van der Waals surface area contributed by atoms with Crippen LogP contribution in [0.2, 0.25) is 5.02 Å². The van der Waals surface area contributed by atoms with E-state index in [0.29, 0.717) is 27.1 Å². The number of aromatic nitrogens is 2. The van der Waals surface area contributed by atoms with Gasteiger partial charge in [-0.3, -0.25) is 18.9 Å². The largest absolute Gasteiger partial charge is 0.349 e. The van der Waals surface area contributed by atoms with Gasteiger partial charge in [0, 0.05) is 36.9 Å². The van der Waals surface area contributed by atoms with E-state index in [4.69, 9.17) is 11.6 Å². The van der Waals surface area contributed by atoms with E-state index in [2.05, 4.69) is 39.5 Å². The Labute approximate surface area is 190 Å². The molecular weight excluding hydrogens is 424 g/mol. The Morgan fingerprint density at radius 3 is 2.62 bits per heavy atom. The summed E-state index contributed by atoms with van der Waals surface area (Å²) in [4.78, 5) is 33.0. The summed E-state index contributed by atoms with van der Waals surface area (Å²) >= 11 is 6.04. The first kappa shape index (κ1) is 20.7. The lowest BCUT2D eigenvalue weighted by Gasteiger charge is -2.32. The normalized spacial score (nSPS) is 15.3. The van der Waals surface area contributed by atoms with Crippen molar-refractivity contribution in [3.8, 4) is 0 Å². The Morgan fingerprint density at radius 1 is 1.06 bits per heavy atom. The number of benzene rings is 2. The molecule has 3 heterocycles. The van der Waals surface area contributed by atoms with E-state index in [9.17, 15) is 9.59 Å². The molecular formula is C25H23ClN4O2. The Bertz CT molecular complexity index is 1340. The fraction of sp³-hybridized carbons (Fsp3) is 0.240. The number of fused-ring (bicyclic) bond motifs is 2. The molecule has 1 aliphatic heterocycles. The molecule has 5 rings (SSSR count). The second-order valence-electron chi connectivity index (χ2n) is 8.20. The highest BCUT2D eigenvalue weighted by Crippen LogP contribution is 2.18. The summed E-state index contributed by atoms with van der Waals surface area (Å²) in [7, 11) is 0. The Kier molecular flexibility index (Phi) is 5.64. The summed E-state index contributed by atoms with van der Waals surface area (Å²) in [6.07, 6.45) is 3.40. The van der Waals surface area contributed by atoms with Gasteiger partial charge in [-0.15, -0.1) is 0 Å². The lowest BCUT2D eigenvalue weighted by molar-refractivity contribution is 0.0910. The molecule has 1 saturated heterocycles. The van der Waals surface area contributed by atoms with Gasteiger partial charge in [0.15, 0.2) is 5.65 Å². The standard InChI is InChI=1S/C25H23ClN4O2/c26-18-8-9-22-21(15-18)25(32)30-12-4-7-20(23(30)28-22)24(31)27-19-10-13-29(14-11-19)16-17-5-2-1-3-6-17/h1-9,12,15,19H,10-11,13-14,16H2,(H,27,31). The second kappa shape index (κ2) is 8.73. The fourth-order valence-corrected chi connectivity index (χ4v) is 4.49. The first-order chi connectivity index (χ1) is 15.6. The topological polar surface area (TPSA) is 66.7 Å². The Balaban J connectivity index is 1.33. The molecule has 1 amide bonds. The molecule has 1 fully saturated rings. The monoisotopic (exact) mass is 446 g/mol. The summed E-state index contributed by atoms with van der Waals surface area (Å²) in [5.41, 5.74) is 2.33. The van der Waals surface area contributed by atoms with Gasteiger partial charge in [-0.25, -0.2) is 4.98 Å². The van der Waals surface area contributed by atoms with Crippen LogP contribution in [0.5, 0.6) is 0 Å². The number of nitrogens with one attached hydrogen (secondary N) is 1. The summed E-state index contributed by atoms with van der Waals surface area (Å²) < 4.78 is 1.41. The van der Waals surface area contributed by atoms with Gasteiger partial charge in [-0.1, -0.05) is 41.9 Å². The van der Waals surface area contributed by atoms with E-state index in [-0.39, 0.29) is 17.5 Å². The van der Waals surface area contributed by atoms with Crippen LogP contribution in [0.25, 0.3) is 16.6 Å². The van der Waals surface area contributed by atoms with E-state index in [1.807, 2.05) is 6.07 Å². The van der Waals surface area contributed by atoms with E-state index in [1.165, 1.54) is 9.96 Å². The summed E-state index contributed by atoms with van der Waals surface area (Å²) in [6.45, 7) is 2.78. The predicted octanol–water partition coefficient (Wildman–Crippen LogP) is 3.90. The zero-order valence-electron chi connectivity index (χ0n) is 17.5. The molecule has 0 bridgehead atoms. The van der Waals surface area contributed by atoms with Crippen LogP contribution in [-0.4, -0.2) is 39.3 Å². The molecule has 1 N–H and O–H groups in total. The molecule has 32 heavy (non-hydrogen) atoms. The van der Waals surface area contributed by atoms with Crippen molar-refractivity contribution in [2.24, 2.45) is 0 Å². The minimum atomic E-state index is -0.239. The number of hydrogen-bond acceptors (Lipinski definition) is 4. The lowest BCUT2D eigenvalue weighted by atomic mass is 10.0. The third kappa shape index (κ3) is 4.11. The minimum Gasteiger partial charge on any atom is -0.349 e. The molecule has 0 unspecified atom stereocenters. The van der Waals surface area contributed by atoms with Gasteiger partial charge in [0.2, 0.25) is 0 Å². The Hall–Kier alpha value is -3.22. The quantitative estimate of drug-likeness (QED) is 0.483. The highest BCUT2D eigenvalue weighted by Gasteiger charge is 2.22. The number of carbonyl (C=O) groups excluding carboxylic acids is 1. The third-order valence-corrected chi connectivity index (χ3v) is 6.25. The highest BCUT2D eigenvalue weighted by molar-refractivity contribution is 6.31. The Morgan fingerprint density at radius 2 is 1.84 bits per heavy atom. The molecule has 7 heteroatoms. The summed E-state index contributed by atoms with van der Waals surface area (Å²) in [5, 5.41) is 4.05. The van der Waals surface area contributed by atoms with Gasteiger partial charge in [-0.2, -0.15) is 0 Å². The van der Waals surface area contributed by atoms with Crippen LogP contribution in [0.1, 0.15) is 28.8 Å². The summed E-state index contributed by atoms with van der Waals surface area (Å²) in [6, 6.07) is 18.9. The number of hydrogen-bond donors (Lipinski definition) is 1. The first-order valence-electron chi connectivity index (χ1n) is 10.8. The molecule has 1 aliphatic rings. The number of piperidine rings is 1. The number of carbonyl (C=O) groups is 1. The SMILES string of the molecule is O=C(NC1CCN(Cc2ccccc2)CC1)c1cccn2c(=O)c3cc(Cl)ccc3nc12. The van der Waals surface area contributed by atoms with Crippen LogP contribution in [0.3, 0.4) is 0 Å². The second-order valence-corrected chi connectivity index (χ2v) is 8.64. The van der Waals surface area contributed by atoms with Crippen LogP contribution >= 0.6 is 11.6 Å². The third-order valence-electron chi connectivity index (χ3n) is 6.02. The molecule has 0 atom stereocenters. The highest BCUT2D eigenvalue weighted by atomic mass is 35.5. The van der Waals surface area contributed by atoms with Crippen molar-refractivity contribution in [1.29, 1.82) is 0 Å². The van der Waals surface area contributed by atoms with E-state index >= 15 is 0 Å². The van der Waals surface area contributed by atoms with Crippen molar-refractivity contribution in [3.05, 3.63) is 93.4 Å². The van der Waals surface area contributed by atoms with Gasteiger partial charge in [0.25, 0.3) is 11.5 Å². The number of nitrogens with zero attached hydrogens (tertiary/aromatic N) is 3. The maximum atomic E-state index is 13.1. The van der Waals surface area contributed by atoms with Crippen molar-refractivity contribution in [2.45, 2.75) is 25.4 Å². The van der Waals surface area contributed by atoms with Crippen molar-refractivity contribution < 1.29 is 4.79 Å². The van der Waals surface area contributed by atoms with Gasteiger partial charge in [-0.05, 0) is 48.7 Å². The van der Waals surface area contributed by atoms with Gasteiger partial charge in [0.1, 0.15) is 0 Å². The lowest BCUT2D eigenvalue weighted by Crippen LogP contribution is -2.44. The van der Waals surface area contributed by atoms with Crippen LogP contribution in [0.15, 0.2) is 71.7 Å². The van der Waals surface area contributed by atoms with Crippen molar-refractivity contribution in [3.63, 3.8) is 0 Å². The smallest absolute Gasteiger partial charge is 0.265 e. The summed E-state index contributed by atoms with van der Waals surface area (Å²) in [5.74, 6) is -0.204. The molecule has 2 aromatic carbocycles. The van der Waals surface area contributed by atoms with Crippen LogP contribution in [0.4, 0.5) is 0 Å². The average molecular weight is 447 g/mol. The maximum Gasteiger partial charge on any atom is 0.265 e. The van der Waals surface area contributed by atoms with Crippen LogP contribution < -0.4 is 10.9 Å². The number of amides is 1. The molecule has 0 aliphatic carbocycles. The maximum absolute atomic E-state index is 13.1. The van der Waals surface area contributed by atoms with Gasteiger partial charge < -0.3 is 5.32 Å². The molecule has 162 valence electrons. The molecule has 0 radical (unpaired) electrons. The van der Waals surface area contributed by atoms with Crippen molar-refractivity contribution in [1.82, 2.24) is 19.6 Å². The zero-order valence-corrected chi connectivity index (χ0v) is 18.3. The first-order valence-corrected chi connectivity index (χ1v) is 11.1. The van der Waals surface area contributed by atoms with Gasteiger partial charge in [0.05, 0.1) is 16.5 Å². The van der Waals surface area contributed by atoms with Crippen LogP contribution in [0, 0.1) is 0 Å². The molecule has 0 saturated carbocycles. The molecule has 4 aromatic rings. The van der Waals surface area contributed by atoms with Gasteiger partial charge >= 0.3 is 0 Å². The van der Waals surface area contributed by atoms with Crippen molar-refractivity contribution >= 4 is 34.1 Å². The van der Waals surface area contributed by atoms with Crippen molar-refractivity contribution in [2.75, 3.05) is 13.1 Å². The number of rotatable bonds is 4. The number of pyridine rings is 1. The molecule has 0 spiro atoms.